The van der Waals surface area contributed by atoms with Gasteiger partial charge in [-0.15, -0.1) is 0 Å². The molecular weight excluding hydrogens is 442 g/mol. The van der Waals surface area contributed by atoms with Gasteiger partial charge >= 0.3 is 0 Å². The molecule has 0 saturated carbocycles. The fraction of sp³-hybridized carbons (Fsp3) is 0.667. The molecule has 0 bridgehead atoms. The second-order valence-corrected chi connectivity index (χ2v) is 9.74. The fourth-order valence-electron chi connectivity index (χ4n) is 4.27. The third-order valence-electron chi connectivity index (χ3n) is 6.49. The van der Waals surface area contributed by atoms with E-state index in [4.69, 9.17) is 4.74 Å². The molecular formula is C30H46F2N2O. The Morgan fingerprint density at radius 2 is 1.26 bits per heavy atom. The summed E-state index contributed by atoms with van der Waals surface area (Å²) in [6, 6.07) is 8.42. The van der Waals surface area contributed by atoms with Crippen LogP contribution in [0.25, 0.3) is 11.4 Å². The minimum Gasteiger partial charge on any atom is -0.487 e. The summed E-state index contributed by atoms with van der Waals surface area (Å²) in [4.78, 5) is 8.73. The smallest absolute Gasteiger partial charge is 0.159 e. The van der Waals surface area contributed by atoms with Gasteiger partial charge in [-0.1, -0.05) is 102 Å². The standard InChI is InChI=1S/C30H46F2N2O/c1-3-5-6-7-8-9-10-11-12-13-15-25-16-18-26(19-17-25)30-33-22-29(23-34-30)35-24-28(32)21-20-27(31)14-4-2/h16-19,22-23,27-28H,3-15,20-21,24H2,1-2H3. The van der Waals surface area contributed by atoms with Crippen molar-refractivity contribution >= 4 is 0 Å². The molecule has 3 nitrogen and oxygen atoms in total. The predicted octanol–water partition coefficient (Wildman–Crippen LogP) is 9.24. The summed E-state index contributed by atoms with van der Waals surface area (Å²) in [7, 11) is 0. The van der Waals surface area contributed by atoms with Crippen molar-refractivity contribution in [1.29, 1.82) is 0 Å². The number of aromatic nitrogens is 2. The molecule has 2 rings (SSSR count). The summed E-state index contributed by atoms with van der Waals surface area (Å²) in [6.07, 6.45) is 17.3. The first-order valence-corrected chi connectivity index (χ1v) is 13.9. The highest BCUT2D eigenvalue weighted by atomic mass is 19.1. The van der Waals surface area contributed by atoms with E-state index in [1.165, 1.54) is 69.8 Å². The zero-order chi connectivity index (χ0) is 25.1. The predicted molar refractivity (Wildman–Crippen MR) is 142 cm³/mol. The summed E-state index contributed by atoms with van der Waals surface area (Å²) in [5.41, 5.74) is 2.30. The van der Waals surface area contributed by atoms with E-state index in [-0.39, 0.29) is 19.4 Å². The van der Waals surface area contributed by atoms with Gasteiger partial charge in [0.2, 0.25) is 0 Å². The molecule has 1 heterocycles. The van der Waals surface area contributed by atoms with Gasteiger partial charge in [0.05, 0.1) is 12.4 Å². The molecule has 196 valence electrons. The van der Waals surface area contributed by atoms with E-state index in [1.54, 1.807) is 12.4 Å². The number of aryl methyl sites for hydroxylation is 1. The lowest BCUT2D eigenvalue weighted by atomic mass is 10.0. The molecule has 2 aromatic rings. The van der Waals surface area contributed by atoms with Crippen LogP contribution in [-0.2, 0) is 6.42 Å². The van der Waals surface area contributed by atoms with Gasteiger partial charge in [-0.05, 0) is 37.7 Å². The number of alkyl halides is 2. The normalized spacial score (nSPS) is 13.0. The summed E-state index contributed by atoms with van der Waals surface area (Å²) in [5.74, 6) is 1.05. The average molecular weight is 489 g/mol. The van der Waals surface area contributed by atoms with Crippen LogP contribution in [0.1, 0.15) is 109 Å². The lowest BCUT2D eigenvalue weighted by molar-refractivity contribution is 0.168. The van der Waals surface area contributed by atoms with E-state index in [0.29, 0.717) is 18.0 Å². The molecule has 5 heteroatoms. The molecule has 0 aliphatic heterocycles. The van der Waals surface area contributed by atoms with E-state index >= 15 is 0 Å². The van der Waals surface area contributed by atoms with Gasteiger partial charge in [-0.2, -0.15) is 0 Å². The van der Waals surface area contributed by atoms with Crippen LogP contribution in [-0.4, -0.2) is 28.9 Å². The Balaban J connectivity index is 1.63. The Bertz CT molecular complexity index is 767. The van der Waals surface area contributed by atoms with Crippen LogP contribution in [0.2, 0.25) is 0 Å². The van der Waals surface area contributed by atoms with Gasteiger partial charge in [0, 0.05) is 5.56 Å². The highest BCUT2D eigenvalue weighted by molar-refractivity contribution is 5.55. The number of rotatable bonds is 20. The summed E-state index contributed by atoms with van der Waals surface area (Å²) >= 11 is 0. The van der Waals surface area contributed by atoms with E-state index < -0.39 is 12.3 Å². The van der Waals surface area contributed by atoms with Crippen molar-refractivity contribution in [2.24, 2.45) is 0 Å². The first-order valence-electron chi connectivity index (χ1n) is 13.9. The summed E-state index contributed by atoms with van der Waals surface area (Å²) < 4.78 is 32.9. The van der Waals surface area contributed by atoms with Crippen LogP contribution in [0.15, 0.2) is 36.7 Å². The number of hydrogen-bond acceptors (Lipinski definition) is 3. The average Bonchev–Trinajstić information content (AvgIpc) is 2.88. The molecule has 0 fully saturated rings. The minimum absolute atomic E-state index is 0.102. The molecule has 1 aromatic heterocycles. The highest BCUT2D eigenvalue weighted by Gasteiger charge is 2.13. The van der Waals surface area contributed by atoms with Gasteiger partial charge in [-0.3, -0.25) is 0 Å². The quantitative estimate of drug-likeness (QED) is 0.174. The van der Waals surface area contributed by atoms with Gasteiger partial charge in [0.25, 0.3) is 0 Å². The maximum Gasteiger partial charge on any atom is 0.159 e. The second kappa shape index (κ2) is 18.3. The lowest BCUT2D eigenvalue weighted by Crippen LogP contribution is -2.15. The van der Waals surface area contributed by atoms with Crippen molar-refractivity contribution < 1.29 is 13.5 Å². The van der Waals surface area contributed by atoms with Gasteiger partial charge in [-0.25, -0.2) is 18.7 Å². The molecule has 0 radical (unpaired) electrons. The first-order chi connectivity index (χ1) is 17.1. The molecule has 0 aliphatic carbocycles. The number of ether oxygens (including phenoxy) is 1. The van der Waals surface area contributed by atoms with Crippen molar-refractivity contribution in [1.82, 2.24) is 9.97 Å². The van der Waals surface area contributed by atoms with E-state index in [1.807, 2.05) is 6.92 Å². The van der Waals surface area contributed by atoms with Gasteiger partial charge < -0.3 is 4.74 Å². The largest absolute Gasteiger partial charge is 0.487 e. The Kier molecular flexibility index (Phi) is 15.2. The number of hydrogen-bond donors (Lipinski definition) is 0. The molecule has 0 amide bonds. The Hall–Kier alpha value is -2.04. The van der Waals surface area contributed by atoms with Crippen molar-refractivity contribution in [3.05, 3.63) is 42.2 Å². The number of halogens is 2. The SMILES string of the molecule is CCCCCCCCCCCCc1ccc(-c2ncc(OCC(F)CCC(F)CCC)cn2)cc1. The van der Waals surface area contributed by atoms with Crippen LogP contribution in [0.5, 0.6) is 5.75 Å². The molecule has 2 unspecified atom stereocenters. The summed E-state index contributed by atoms with van der Waals surface area (Å²) in [6.45, 7) is 4.09. The van der Waals surface area contributed by atoms with Crippen molar-refractivity contribution in [3.8, 4) is 17.1 Å². The zero-order valence-corrected chi connectivity index (χ0v) is 22.0. The summed E-state index contributed by atoms with van der Waals surface area (Å²) in [5, 5.41) is 0. The monoisotopic (exact) mass is 488 g/mol. The number of nitrogens with zero attached hydrogens (tertiary/aromatic N) is 2. The van der Waals surface area contributed by atoms with Crippen LogP contribution < -0.4 is 4.74 Å². The molecule has 0 spiro atoms. The fourth-order valence-corrected chi connectivity index (χ4v) is 4.27. The molecule has 0 N–H and O–H groups in total. The van der Waals surface area contributed by atoms with Crippen molar-refractivity contribution in [3.63, 3.8) is 0 Å². The van der Waals surface area contributed by atoms with Gasteiger partial charge in [0.15, 0.2) is 11.6 Å². The highest BCUT2D eigenvalue weighted by Crippen LogP contribution is 2.20. The lowest BCUT2D eigenvalue weighted by Gasteiger charge is -2.12. The molecule has 2 atom stereocenters. The van der Waals surface area contributed by atoms with Crippen LogP contribution in [0.3, 0.4) is 0 Å². The van der Waals surface area contributed by atoms with Crippen LogP contribution >= 0.6 is 0 Å². The zero-order valence-electron chi connectivity index (χ0n) is 22.0. The number of unbranched alkanes of at least 4 members (excludes halogenated alkanes) is 9. The van der Waals surface area contributed by atoms with E-state index in [2.05, 4.69) is 41.2 Å². The number of benzene rings is 1. The van der Waals surface area contributed by atoms with Crippen LogP contribution in [0, 0.1) is 0 Å². The Labute approximate surface area is 212 Å². The topological polar surface area (TPSA) is 35.0 Å². The maximum atomic E-state index is 14.0. The molecule has 0 saturated heterocycles. The maximum absolute atomic E-state index is 14.0. The third-order valence-corrected chi connectivity index (χ3v) is 6.49. The minimum atomic E-state index is -1.19. The third kappa shape index (κ3) is 13.0. The second-order valence-electron chi connectivity index (χ2n) is 9.74. The molecule has 0 aliphatic rings. The van der Waals surface area contributed by atoms with Crippen LogP contribution in [0.4, 0.5) is 8.78 Å². The van der Waals surface area contributed by atoms with E-state index in [0.717, 1.165) is 18.4 Å². The molecule has 35 heavy (non-hydrogen) atoms. The van der Waals surface area contributed by atoms with Crippen molar-refractivity contribution in [2.75, 3.05) is 6.61 Å². The van der Waals surface area contributed by atoms with Gasteiger partial charge in [0.1, 0.15) is 19.0 Å². The van der Waals surface area contributed by atoms with Crippen molar-refractivity contribution in [2.45, 2.75) is 123 Å². The Morgan fingerprint density at radius 3 is 1.86 bits per heavy atom. The van der Waals surface area contributed by atoms with E-state index in [9.17, 15) is 8.78 Å². The Morgan fingerprint density at radius 1 is 0.686 bits per heavy atom. The molecule has 1 aromatic carbocycles. The first kappa shape index (κ1) is 29.2.